The second-order valence-electron chi connectivity index (χ2n) is 3.88. The Bertz CT molecular complexity index is 191. The molecule has 0 bridgehead atoms. The zero-order valence-corrected chi connectivity index (χ0v) is 7.69. The summed E-state index contributed by atoms with van der Waals surface area (Å²) in [5.41, 5.74) is 0.528. The summed E-state index contributed by atoms with van der Waals surface area (Å²) < 4.78 is 0. The van der Waals surface area contributed by atoms with Crippen molar-refractivity contribution in [1.29, 1.82) is 0 Å². The van der Waals surface area contributed by atoms with Gasteiger partial charge in [-0.1, -0.05) is 0 Å². The molecule has 4 heteroatoms. The quantitative estimate of drug-likeness (QED) is 0.686. The summed E-state index contributed by atoms with van der Waals surface area (Å²) in [6, 6.07) is 0.245. The Hall–Kier alpha value is -0.280. The first-order chi connectivity index (χ1) is 5.20. The molecule has 0 aromatic rings. The molecule has 2 N–H and O–H groups in total. The highest BCUT2D eigenvalue weighted by molar-refractivity contribution is 5.85. The summed E-state index contributed by atoms with van der Waals surface area (Å²) in [4.78, 5) is 10.3. The van der Waals surface area contributed by atoms with E-state index in [2.05, 4.69) is 5.32 Å². The summed E-state index contributed by atoms with van der Waals surface area (Å²) in [6.07, 6.45) is 3.98. The van der Waals surface area contributed by atoms with E-state index in [0.29, 0.717) is 11.8 Å². The number of carbonyl (C=O) groups is 1. The zero-order chi connectivity index (χ0) is 7.90. The van der Waals surface area contributed by atoms with Crippen LogP contribution in [-0.2, 0) is 4.79 Å². The number of nitrogens with one attached hydrogen (secondary N) is 1. The summed E-state index contributed by atoms with van der Waals surface area (Å²) in [5, 5.41) is 11.8. The van der Waals surface area contributed by atoms with Crippen molar-refractivity contribution in [3.63, 3.8) is 0 Å². The molecule has 0 aromatic heterocycles. The lowest BCUT2D eigenvalue weighted by atomic mass is 10.0. The van der Waals surface area contributed by atoms with Gasteiger partial charge in [-0.25, -0.2) is 0 Å². The molecule has 1 spiro atoms. The van der Waals surface area contributed by atoms with E-state index >= 15 is 0 Å². The summed E-state index contributed by atoms with van der Waals surface area (Å²) in [6.45, 7) is 1.05. The number of carboxylic acid groups (broad SMARTS) is 1. The van der Waals surface area contributed by atoms with E-state index in [1.54, 1.807) is 0 Å². The fourth-order valence-corrected chi connectivity index (χ4v) is 1.94. The lowest BCUT2D eigenvalue weighted by molar-refractivity contribution is -0.137. The topological polar surface area (TPSA) is 49.3 Å². The van der Waals surface area contributed by atoms with Gasteiger partial charge < -0.3 is 10.4 Å². The summed E-state index contributed by atoms with van der Waals surface area (Å²) in [7, 11) is 0. The van der Waals surface area contributed by atoms with Gasteiger partial charge in [0.2, 0.25) is 0 Å². The van der Waals surface area contributed by atoms with Gasteiger partial charge in [-0.05, 0) is 24.7 Å². The van der Waals surface area contributed by atoms with E-state index in [-0.39, 0.29) is 18.4 Å². The molecule has 1 atom stereocenters. The highest BCUT2D eigenvalue weighted by atomic mass is 35.5. The van der Waals surface area contributed by atoms with Gasteiger partial charge in [0.25, 0.3) is 0 Å². The first-order valence-electron chi connectivity index (χ1n) is 4.15. The predicted molar refractivity (Wildman–Crippen MR) is 47.6 cm³/mol. The van der Waals surface area contributed by atoms with Crippen molar-refractivity contribution in [3.05, 3.63) is 0 Å². The van der Waals surface area contributed by atoms with Crippen LogP contribution in [-0.4, -0.2) is 23.7 Å². The monoisotopic (exact) mass is 191 g/mol. The second-order valence-corrected chi connectivity index (χ2v) is 3.88. The van der Waals surface area contributed by atoms with Crippen molar-refractivity contribution in [2.24, 2.45) is 5.41 Å². The fraction of sp³-hybridized carbons (Fsp3) is 0.875. The Morgan fingerprint density at radius 1 is 1.58 bits per heavy atom. The standard InChI is InChI=1S/C8H13NO2.ClH/c10-7(11)3-6-4-8(1-2-8)5-9-6;/h6,9H,1-5H2,(H,10,11);1H. The van der Waals surface area contributed by atoms with Crippen LogP contribution in [0.4, 0.5) is 0 Å². The van der Waals surface area contributed by atoms with E-state index in [9.17, 15) is 4.79 Å². The Morgan fingerprint density at radius 3 is 2.67 bits per heavy atom. The highest BCUT2D eigenvalue weighted by Gasteiger charge is 2.48. The largest absolute Gasteiger partial charge is 0.481 e. The first kappa shape index (κ1) is 9.81. The van der Waals surface area contributed by atoms with Gasteiger partial charge in [0.05, 0.1) is 6.42 Å². The molecule has 1 aliphatic heterocycles. The van der Waals surface area contributed by atoms with E-state index < -0.39 is 5.97 Å². The van der Waals surface area contributed by atoms with Crippen LogP contribution >= 0.6 is 12.4 Å². The Labute approximate surface area is 77.9 Å². The minimum absolute atomic E-state index is 0. The molecule has 1 saturated heterocycles. The van der Waals surface area contributed by atoms with Crippen LogP contribution in [0.2, 0.25) is 0 Å². The van der Waals surface area contributed by atoms with Gasteiger partial charge in [0.15, 0.2) is 0 Å². The van der Waals surface area contributed by atoms with E-state index in [1.165, 1.54) is 12.8 Å². The molecule has 0 radical (unpaired) electrons. The molecular weight excluding hydrogens is 178 g/mol. The molecule has 0 aromatic carbocycles. The third-order valence-corrected chi connectivity index (χ3v) is 2.82. The van der Waals surface area contributed by atoms with Gasteiger partial charge in [-0.2, -0.15) is 0 Å². The zero-order valence-electron chi connectivity index (χ0n) is 6.88. The fourth-order valence-electron chi connectivity index (χ4n) is 1.94. The maximum atomic E-state index is 10.3. The lowest BCUT2D eigenvalue weighted by Crippen LogP contribution is -2.24. The smallest absolute Gasteiger partial charge is 0.304 e. The predicted octanol–water partition coefficient (Wildman–Crippen LogP) is 1.02. The van der Waals surface area contributed by atoms with Crippen molar-refractivity contribution in [2.75, 3.05) is 6.54 Å². The van der Waals surface area contributed by atoms with Gasteiger partial charge in [0.1, 0.15) is 0 Å². The maximum absolute atomic E-state index is 10.3. The molecule has 1 unspecified atom stereocenters. The average Bonchev–Trinajstić information content (AvgIpc) is 2.51. The summed E-state index contributed by atoms with van der Waals surface area (Å²) >= 11 is 0. The molecule has 2 fully saturated rings. The number of rotatable bonds is 2. The minimum atomic E-state index is -0.680. The van der Waals surface area contributed by atoms with Gasteiger partial charge in [0, 0.05) is 12.6 Å². The minimum Gasteiger partial charge on any atom is -0.481 e. The Balaban J connectivity index is 0.000000720. The van der Waals surface area contributed by atoms with Crippen molar-refractivity contribution < 1.29 is 9.90 Å². The van der Waals surface area contributed by atoms with E-state index in [1.807, 2.05) is 0 Å². The van der Waals surface area contributed by atoms with Crippen LogP contribution in [0, 0.1) is 5.41 Å². The summed E-state index contributed by atoms with van der Waals surface area (Å²) in [5.74, 6) is -0.680. The van der Waals surface area contributed by atoms with Crippen molar-refractivity contribution in [3.8, 4) is 0 Å². The molecule has 2 aliphatic rings. The van der Waals surface area contributed by atoms with E-state index in [0.717, 1.165) is 13.0 Å². The van der Waals surface area contributed by atoms with Crippen LogP contribution < -0.4 is 5.32 Å². The molecule has 1 saturated carbocycles. The number of halogens is 1. The average molecular weight is 192 g/mol. The number of hydrogen-bond donors (Lipinski definition) is 2. The first-order valence-corrected chi connectivity index (χ1v) is 4.15. The molecule has 2 rings (SSSR count). The van der Waals surface area contributed by atoms with Crippen molar-refractivity contribution in [2.45, 2.75) is 31.7 Å². The second kappa shape index (κ2) is 3.23. The van der Waals surface area contributed by atoms with E-state index in [4.69, 9.17) is 5.11 Å². The molecular formula is C8H14ClNO2. The Kier molecular flexibility index (Phi) is 2.64. The maximum Gasteiger partial charge on any atom is 0.304 e. The van der Waals surface area contributed by atoms with Crippen molar-refractivity contribution in [1.82, 2.24) is 5.32 Å². The SMILES string of the molecule is Cl.O=C(O)CC1CC2(CC2)CN1. The van der Waals surface area contributed by atoms with Crippen LogP contribution in [0.1, 0.15) is 25.7 Å². The van der Waals surface area contributed by atoms with Crippen molar-refractivity contribution >= 4 is 18.4 Å². The van der Waals surface area contributed by atoms with Crippen LogP contribution in [0.3, 0.4) is 0 Å². The third kappa shape index (κ3) is 1.90. The molecule has 70 valence electrons. The number of carboxylic acids is 1. The lowest BCUT2D eigenvalue weighted by Gasteiger charge is -2.05. The van der Waals surface area contributed by atoms with Gasteiger partial charge in [-0.15, -0.1) is 12.4 Å². The number of aliphatic carboxylic acids is 1. The van der Waals surface area contributed by atoms with Crippen LogP contribution in [0.25, 0.3) is 0 Å². The van der Waals surface area contributed by atoms with Gasteiger partial charge in [-0.3, -0.25) is 4.79 Å². The molecule has 3 nitrogen and oxygen atoms in total. The normalized spacial score (nSPS) is 29.8. The highest BCUT2D eigenvalue weighted by Crippen LogP contribution is 2.52. The van der Waals surface area contributed by atoms with Crippen LogP contribution in [0.5, 0.6) is 0 Å². The molecule has 1 heterocycles. The molecule has 0 amide bonds. The molecule has 12 heavy (non-hydrogen) atoms. The third-order valence-electron chi connectivity index (χ3n) is 2.82. The Morgan fingerprint density at radius 2 is 2.25 bits per heavy atom. The van der Waals surface area contributed by atoms with Crippen LogP contribution in [0.15, 0.2) is 0 Å². The number of hydrogen-bond acceptors (Lipinski definition) is 2. The molecule has 1 aliphatic carbocycles. The van der Waals surface area contributed by atoms with Gasteiger partial charge >= 0.3 is 5.97 Å².